The lowest BCUT2D eigenvalue weighted by atomic mass is 9.95. The molecule has 0 unspecified atom stereocenters. The highest BCUT2D eigenvalue weighted by molar-refractivity contribution is 7.92. The Balaban J connectivity index is 1.67. The third kappa shape index (κ3) is 7.43. The molecule has 40 heavy (non-hydrogen) atoms. The van der Waals surface area contributed by atoms with E-state index in [4.69, 9.17) is 11.6 Å². The molecule has 1 N–H and O–H groups in total. The average Bonchev–Trinajstić information content (AvgIpc) is 2.97. The van der Waals surface area contributed by atoms with E-state index in [1.165, 1.54) is 23.5 Å². The van der Waals surface area contributed by atoms with Crippen LogP contribution in [0.1, 0.15) is 51.0 Å². The van der Waals surface area contributed by atoms with Gasteiger partial charge in [0.1, 0.15) is 12.6 Å². The van der Waals surface area contributed by atoms with E-state index in [-0.39, 0.29) is 23.4 Å². The van der Waals surface area contributed by atoms with E-state index >= 15 is 0 Å². The van der Waals surface area contributed by atoms with Crippen LogP contribution in [0.5, 0.6) is 0 Å². The summed E-state index contributed by atoms with van der Waals surface area (Å²) in [5.41, 5.74) is 1.16. The molecule has 2 amide bonds. The number of carbonyl (C=O) groups excluding carboxylic acids is 2. The molecule has 3 aromatic carbocycles. The summed E-state index contributed by atoms with van der Waals surface area (Å²) >= 11 is 6.08. The molecule has 1 saturated carbocycles. The molecular formula is C31H36ClN3O4S. The summed E-state index contributed by atoms with van der Waals surface area (Å²) in [7, 11) is -4.10. The summed E-state index contributed by atoms with van der Waals surface area (Å²) in [5.74, 6) is -0.674. The van der Waals surface area contributed by atoms with Gasteiger partial charge in [-0.2, -0.15) is 0 Å². The Bertz CT molecular complexity index is 1360. The van der Waals surface area contributed by atoms with Gasteiger partial charge in [-0.05, 0) is 61.2 Å². The maximum Gasteiger partial charge on any atom is 0.264 e. The largest absolute Gasteiger partial charge is 0.352 e. The Morgan fingerprint density at radius 2 is 1.50 bits per heavy atom. The van der Waals surface area contributed by atoms with E-state index < -0.39 is 28.5 Å². The molecule has 0 aliphatic heterocycles. The number of halogens is 1. The number of nitrogens with zero attached hydrogens (tertiary/aromatic N) is 2. The van der Waals surface area contributed by atoms with Crippen LogP contribution in [0.15, 0.2) is 89.8 Å². The third-order valence-electron chi connectivity index (χ3n) is 7.26. The van der Waals surface area contributed by atoms with E-state index in [0.29, 0.717) is 17.1 Å². The number of sulfonamides is 1. The van der Waals surface area contributed by atoms with Crippen molar-refractivity contribution in [2.45, 2.75) is 69.0 Å². The van der Waals surface area contributed by atoms with Gasteiger partial charge in [-0.25, -0.2) is 8.42 Å². The van der Waals surface area contributed by atoms with Crippen molar-refractivity contribution < 1.29 is 18.0 Å². The molecule has 0 spiro atoms. The standard InChI is InChI=1S/C31H36ClN3O4S/c1-2-29(31(37)33-26-14-8-4-9-15-26)34(22-24-12-6-3-7-13-24)30(36)23-35(27-20-18-25(32)19-21-27)40(38,39)28-16-10-5-11-17-28/h3,5-7,10-13,16-21,26,29H,2,4,8-9,14-15,22-23H2,1H3,(H,33,37)/t29-/m0/s1. The van der Waals surface area contributed by atoms with E-state index in [1.807, 2.05) is 37.3 Å². The molecule has 9 heteroatoms. The molecule has 7 nitrogen and oxygen atoms in total. The summed E-state index contributed by atoms with van der Waals surface area (Å²) in [6.07, 6.45) is 5.55. The lowest BCUT2D eigenvalue weighted by molar-refractivity contribution is -0.140. The number of amides is 2. The summed E-state index contributed by atoms with van der Waals surface area (Å²) in [4.78, 5) is 29.2. The molecule has 0 saturated heterocycles. The Morgan fingerprint density at radius 1 is 0.900 bits per heavy atom. The van der Waals surface area contributed by atoms with Crippen LogP contribution in [0, 0.1) is 0 Å². The molecular weight excluding hydrogens is 546 g/mol. The Labute approximate surface area is 242 Å². The van der Waals surface area contributed by atoms with Gasteiger partial charge in [-0.3, -0.25) is 13.9 Å². The van der Waals surface area contributed by atoms with Gasteiger partial charge >= 0.3 is 0 Å². The number of carbonyl (C=O) groups is 2. The maximum atomic E-state index is 14.1. The lowest BCUT2D eigenvalue weighted by Gasteiger charge is -2.34. The van der Waals surface area contributed by atoms with Gasteiger partial charge in [0.15, 0.2) is 0 Å². The zero-order valence-corrected chi connectivity index (χ0v) is 24.3. The smallest absolute Gasteiger partial charge is 0.264 e. The van der Waals surface area contributed by atoms with Gasteiger partial charge in [0.2, 0.25) is 11.8 Å². The van der Waals surface area contributed by atoms with Crippen LogP contribution in [-0.4, -0.2) is 43.8 Å². The Hall–Kier alpha value is -3.36. The second-order valence-electron chi connectivity index (χ2n) is 10.1. The van der Waals surface area contributed by atoms with Crippen molar-refractivity contribution in [3.63, 3.8) is 0 Å². The van der Waals surface area contributed by atoms with E-state index in [0.717, 1.165) is 35.6 Å². The lowest BCUT2D eigenvalue weighted by Crippen LogP contribution is -2.54. The molecule has 1 atom stereocenters. The predicted octanol–water partition coefficient (Wildman–Crippen LogP) is 5.79. The molecule has 1 aliphatic carbocycles. The van der Waals surface area contributed by atoms with Gasteiger partial charge in [0, 0.05) is 17.6 Å². The van der Waals surface area contributed by atoms with Gasteiger partial charge in [-0.15, -0.1) is 0 Å². The van der Waals surface area contributed by atoms with Crippen molar-refractivity contribution in [3.8, 4) is 0 Å². The number of hydrogen-bond acceptors (Lipinski definition) is 4. The number of nitrogens with one attached hydrogen (secondary N) is 1. The quantitative estimate of drug-likeness (QED) is 0.310. The number of anilines is 1. The highest BCUT2D eigenvalue weighted by atomic mass is 35.5. The highest BCUT2D eigenvalue weighted by Crippen LogP contribution is 2.26. The minimum Gasteiger partial charge on any atom is -0.352 e. The van der Waals surface area contributed by atoms with E-state index in [1.54, 1.807) is 42.5 Å². The molecule has 0 bridgehead atoms. The summed E-state index contributed by atoms with van der Waals surface area (Å²) in [6, 6.07) is 23.1. The normalized spacial score (nSPS) is 14.8. The van der Waals surface area contributed by atoms with Crippen molar-refractivity contribution in [2.24, 2.45) is 0 Å². The fourth-order valence-electron chi connectivity index (χ4n) is 5.10. The highest BCUT2D eigenvalue weighted by Gasteiger charge is 2.34. The van der Waals surface area contributed by atoms with Crippen molar-refractivity contribution in [1.29, 1.82) is 0 Å². The zero-order valence-electron chi connectivity index (χ0n) is 22.7. The summed E-state index contributed by atoms with van der Waals surface area (Å²) < 4.78 is 28.7. The maximum absolute atomic E-state index is 14.1. The van der Waals surface area contributed by atoms with Crippen molar-refractivity contribution in [3.05, 3.63) is 95.5 Å². The summed E-state index contributed by atoms with van der Waals surface area (Å²) in [5, 5.41) is 3.61. The number of rotatable bonds is 11. The SMILES string of the molecule is CC[C@@H](C(=O)NC1CCCCC1)N(Cc1ccccc1)C(=O)CN(c1ccc(Cl)cc1)S(=O)(=O)c1ccccc1. The Kier molecular flexibility index (Phi) is 10.2. The molecule has 0 heterocycles. The first-order valence-electron chi connectivity index (χ1n) is 13.8. The van der Waals surface area contributed by atoms with Gasteiger partial charge in [0.25, 0.3) is 10.0 Å². The average molecular weight is 582 g/mol. The van der Waals surface area contributed by atoms with Crippen molar-refractivity contribution in [1.82, 2.24) is 10.2 Å². The van der Waals surface area contributed by atoms with Crippen LogP contribution in [0.2, 0.25) is 5.02 Å². The topological polar surface area (TPSA) is 86.8 Å². The monoisotopic (exact) mass is 581 g/mol. The van der Waals surface area contributed by atoms with Crippen LogP contribution in [0.25, 0.3) is 0 Å². The first-order chi connectivity index (χ1) is 19.3. The predicted molar refractivity (Wildman–Crippen MR) is 159 cm³/mol. The minimum atomic E-state index is -4.10. The fourth-order valence-corrected chi connectivity index (χ4v) is 6.66. The van der Waals surface area contributed by atoms with E-state index in [9.17, 15) is 18.0 Å². The van der Waals surface area contributed by atoms with Crippen LogP contribution in [-0.2, 0) is 26.2 Å². The van der Waals surface area contributed by atoms with Gasteiger partial charge in [-0.1, -0.05) is 86.3 Å². The molecule has 212 valence electrons. The molecule has 1 fully saturated rings. The van der Waals surface area contributed by atoms with Gasteiger partial charge < -0.3 is 10.2 Å². The number of benzene rings is 3. The second kappa shape index (κ2) is 13.8. The van der Waals surface area contributed by atoms with E-state index in [2.05, 4.69) is 5.32 Å². The first-order valence-corrected chi connectivity index (χ1v) is 15.6. The van der Waals surface area contributed by atoms with Crippen LogP contribution >= 0.6 is 11.6 Å². The van der Waals surface area contributed by atoms with Crippen LogP contribution in [0.3, 0.4) is 0 Å². The third-order valence-corrected chi connectivity index (χ3v) is 9.30. The molecule has 4 rings (SSSR count). The fraction of sp³-hybridized carbons (Fsp3) is 0.355. The first kappa shape index (κ1) is 29.6. The second-order valence-corrected chi connectivity index (χ2v) is 12.4. The van der Waals surface area contributed by atoms with Crippen LogP contribution < -0.4 is 9.62 Å². The number of hydrogen-bond donors (Lipinski definition) is 1. The molecule has 0 aromatic heterocycles. The molecule has 3 aromatic rings. The zero-order chi connectivity index (χ0) is 28.5. The minimum absolute atomic E-state index is 0.0643. The molecule has 1 aliphatic rings. The molecule has 0 radical (unpaired) electrons. The van der Waals surface area contributed by atoms with Crippen molar-refractivity contribution in [2.75, 3.05) is 10.8 Å². The van der Waals surface area contributed by atoms with Crippen LogP contribution in [0.4, 0.5) is 5.69 Å². The van der Waals surface area contributed by atoms with Gasteiger partial charge in [0.05, 0.1) is 10.6 Å². The summed E-state index contributed by atoms with van der Waals surface area (Å²) in [6.45, 7) is 1.57. The van der Waals surface area contributed by atoms with Crippen molar-refractivity contribution >= 4 is 39.1 Å². The Morgan fingerprint density at radius 3 is 2.10 bits per heavy atom.